The van der Waals surface area contributed by atoms with E-state index in [-0.39, 0.29) is 5.78 Å². The van der Waals surface area contributed by atoms with Crippen LogP contribution in [0.2, 0.25) is 0 Å². The number of rotatable bonds is 4. The van der Waals surface area contributed by atoms with Crippen LogP contribution in [0.4, 0.5) is 0 Å². The van der Waals surface area contributed by atoms with E-state index in [1.54, 1.807) is 6.08 Å². The van der Waals surface area contributed by atoms with Crippen molar-refractivity contribution in [2.45, 2.75) is 16.7 Å². The lowest BCUT2D eigenvalue weighted by Gasteiger charge is -2.12. The molecule has 1 aliphatic rings. The average molecular weight is 337 g/mol. The van der Waals surface area contributed by atoms with Crippen molar-refractivity contribution in [2.24, 2.45) is 4.40 Å². The van der Waals surface area contributed by atoms with Gasteiger partial charge in [0.2, 0.25) is 0 Å². The van der Waals surface area contributed by atoms with Crippen molar-refractivity contribution in [1.82, 2.24) is 0 Å². The molecule has 3 rings (SSSR count). The molecule has 0 spiro atoms. The molecule has 2 nitrogen and oxygen atoms in total. The van der Waals surface area contributed by atoms with Crippen LogP contribution in [-0.4, -0.2) is 11.5 Å². The predicted octanol–water partition coefficient (Wildman–Crippen LogP) is 5.34. The first kappa shape index (κ1) is 15.8. The zero-order chi connectivity index (χ0) is 16.1. The van der Waals surface area contributed by atoms with Crippen LogP contribution < -0.4 is 0 Å². The quantitative estimate of drug-likeness (QED) is 0.557. The summed E-state index contributed by atoms with van der Waals surface area (Å²) in [5, 5.41) is 0. The lowest BCUT2D eigenvalue weighted by molar-refractivity contribution is -0.110. The Labute approximate surface area is 144 Å². The van der Waals surface area contributed by atoms with Crippen molar-refractivity contribution in [3.8, 4) is 0 Å². The number of thioether (sulfide) groups is 1. The molecule has 23 heavy (non-hydrogen) atoms. The van der Waals surface area contributed by atoms with Gasteiger partial charge in [0.25, 0.3) is 0 Å². The molecule has 1 aliphatic carbocycles. The summed E-state index contributed by atoms with van der Waals surface area (Å²) < 4.78 is 4.58. The van der Waals surface area contributed by atoms with Gasteiger partial charge in [-0.05, 0) is 48.9 Å². The third kappa shape index (κ3) is 4.24. The fourth-order valence-corrected chi connectivity index (χ4v) is 3.58. The summed E-state index contributed by atoms with van der Waals surface area (Å²) in [4.78, 5) is 15.0. The van der Waals surface area contributed by atoms with Crippen LogP contribution in [-0.2, 0) is 4.79 Å². The maximum atomic E-state index is 12.2. The first-order valence-electron chi connectivity index (χ1n) is 7.20. The largest absolute Gasteiger partial charge is 0.289 e. The molecule has 0 N–H and O–H groups in total. The van der Waals surface area contributed by atoms with Gasteiger partial charge in [-0.1, -0.05) is 48.2 Å². The zero-order valence-corrected chi connectivity index (χ0v) is 14.2. The van der Waals surface area contributed by atoms with Gasteiger partial charge < -0.3 is 0 Å². The van der Waals surface area contributed by atoms with Gasteiger partial charge in [0.15, 0.2) is 5.78 Å². The molecular weight excluding hydrogens is 322 g/mol. The maximum Gasteiger partial charge on any atom is 0.192 e. The van der Waals surface area contributed by atoms with Gasteiger partial charge in [0.1, 0.15) is 0 Å². The molecule has 0 heterocycles. The van der Waals surface area contributed by atoms with Crippen molar-refractivity contribution in [3.05, 3.63) is 83.3 Å². The highest BCUT2D eigenvalue weighted by Gasteiger charge is 2.17. The van der Waals surface area contributed by atoms with E-state index in [0.717, 1.165) is 21.1 Å². The summed E-state index contributed by atoms with van der Waals surface area (Å²) in [7, 11) is 0. The lowest BCUT2D eigenvalue weighted by Crippen LogP contribution is -2.09. The Balaban J connectivity index is 1.81. The molecule has 0 saturated carbocycles. The fourth-order valence-electron chi connectivity index (χ4n) is 2.03. The number of allylic oxidation sites excluding steroid dienone is 4. The van der Waals surface area contributed by atoms with E-state index < -0.39 is 0 Å². The van der Waals surface area contributed by atoms with E-state index in [9.17, 15) is 4.79 Å². The van der Waals surface area contributed by atoms with Gasteiger partial charge in [-0.3, -0.25) is 4.79 Å². The summed E-state index contributed by atoms with van der Waals surface area (Å²) in [6.07, 6.45) is 3.54. The van der Waals surface area contributed by atoms with Crippen LogP contribution >= 0.6 is 23.7 Å². The minimum Gasteiger partial charge on any atom is -0.289 e. The van der Waals surface area contributed by atoms with Crippen molar-refractivity contribution in [2.75, 3.05) is 0 Å². The summed E-state index contributed by atoms with van der Waals surface area (Å²) >= 11 is 2.90. The summed E-state index contributed by atoms with van der Waals surface area (Å²) in [5.74, 6) is 0.0417. The highest BCUT2D eigenvalue weighted by Crippen LogP contribution is 2.31. The molecular formula is C19H15NOS2. The molecule has 4 heteroatoms. The van der Waals surface area contributed by atoms with Crippen molar-refractivity contribution in [3.63, 3.8) is 0 Å². The number of benzene rings is 2. The van der Waals surface area contributed by atoms with Crippen LogP contribution in [0.5, 0.6) is 0 Å². The number of ketones is 1. The average Bonchev–Trinajstić information content (AvgIpc) is 2.58. The van der Waals surface area contributed by atoms with Crippen LogP contribution in [0.3, 0.4) is 0 Å². The van der Waals surface area contributed by atoms with Gasteiger partial charge in [-0.15, -0.1) is 0 Å². The van der Waals surface area contributed by atoms with E-state index >= 15 is 0 Å². The number of carbonyl (C=O) groups is 1. The Bertz CT molecular complexity index is 793. The van der Waals surface area contributed by atoms with Crippen LogP contribution in [0.25, 0.3) is 0 Å². The van der Waals surface area contributed by atoms with Crippen molar-refractivity contribution >= 4 is 35.2 Å². The second-order valence-electron chi connectivity index (χ2n) is 5.00. The normalized spacial score (nSPS) is 16.2. The molecule has 0 unspecified atom stereocenters. The van der Waals surface area contributed by atoms with Gasteiger partial charge in [0, 0.05) is 21.7 Å². The topological polar surface area (TPSA) is 29.4 Å². The Hall–Kier alpha value is -2.04. The molecule has 0 aromatic heterocycles. The zero-order valence-electron chi connectivity index (χ0n) is 12.6. The highest BCUT2D eigenvalue weighted by molar-refractivity contribution is 8.04. The molecule has 2 aromatic carbocycles. The smallest absolute Gasteiger partial charge is 0.192 e. The molecule has 0 radical (unpaired) electrons. The minimum atomic E-state index is 0.0417. The van der Waals surface area contributed by atoms with E-state index in [1.165, 1.54) is 23.7 Å². The Morgan fingerprint density at radius 1 is 0.826 bits per heavy atom. The summed E-state index contributed by atoms with van der Waals surface area (Å²) in [5.41, 5.74) is 1.74. The molecule has 0 saturated heterocycles. The first-order valence-corrected chi connectivity index (χ1v) is 8.79. The lowest BCUT2D eigenvalue weighted by atomic mass is 10.1. The maximum absolute atomic E-state index is 12.2. The molecule has 0 atom stereocenters. The molecule has 0 amide bonds. The Morgan fingerprint density at radius 3 is 2.09 bits per heavy atom. The van der Waals surface area contributed by atoms with Crippen LogP contribution in [0.1, 0.15) is 6.92 Å². The number of carbonyl (C=O) groups excluding carboxylic acids is 1. The molecule has 0 fully saturated rings. The summed E-state index contributed by atoms with van der Waals surface area (Å²) in [6, 6.07) is 19.9. The third-order valence-electron chi connectivity index (χ3n) is 3.23. The molecule has 2 aromatic rings. The van der Waals surface area contributed by atoms with E-state index in [1.807, 2.05) is 73.7 Å². The first-order chi connectivity index (χ1) is 11.2. The van der Waals surface area contributed by atoms with Gasteiger partial charge in [-0.2, -0.15) is 0 Å². The van der Waals surface area contributed by atoms with Gasteiger partial charge in [-0.25, -0.2) is 4.40 Å². The van der Waals surface area contributed by atoms with Gasteiger partial charge in [0.05, 0.1) is 10.6 Å². The highest BCUT2D eigenvalue weighted by atomic mass is 32.2. The van der Waals surface area contributed by atoms with E-state index in [4.69, 9.17) is 0 Å². The second kappa shape index (κ2) is 7.49. The molecule has 114 valence electrons. The Morgan fingerprint density at radius 2 is 1.43 bits per heavy atom. The molecule has 0 aliphatic heterocycles. The van der Waals surface area contributed by atoms with Gasteiger partial charge >= 0.3 is 0 Å². The second-order valence-corrected chi connectivity index (χ2v) is 6.95. The fraction of sp³-hybridized carbons (Fsp3) is 0.0526. The van der Waals surface area contributed by atoms with E-state index in [0.29, 0.717) is 4.91 Å². The summed E-state index contributed by atoms with van der Waals surface area (Å²) in [6.45, 7) is 1.92. The van der Waals surface area contributed by atoms with Crippen molar-refractivity contribution in [1.29, 1.82) is 0 Å². The SMILES string of the molecule is CC1=CC(=O)C(Sc2ccccc2)=CC1=NSc1ccccc1. The standard InChI is InChI=1S/C19H15NOS2/c1-14-12-18(21)19(22-15-8-4-2-5-9-15)13-17(14)20-23-16-10-6-3-7-11-16/h2-13H,1H3. The number of hydrogen-bond acceptors (Lipinski definition) is 4. The minimum absolute atomic E-state index is 0.0417. The monoisotopic (exact) mass is 337 g/mol. The Kier molecular flexibility index (Phi) is 5.16. The van der Waals surface area contributed by atoms with Crippen LogP contribution in [0, 0.1) is 0 Å². The van der Waals surface area contributed by atoms with Crippen molar-refractivity contribution < 1.29 is 4.79 Å². The predicted molar refractivity (Wildman–Crippen MR) is 98.9 cm³/mol. The third-order valence-corrected chi connectivity index (χ3v) is 5.04. The molecule has 0 bridgehead atoms. The number of hydrogen-bond donors (Lipinski definition) is 0. The number of nitrogens with zero attached hydrogens (tertiary/aromatic N) is 1. The van der Waals surface area contributed by atoms with Crippen LogP contribution in [0.15, 0.2) is 97.5 Å². The van der Waals surface area contributed by atoms with E-state index in [2.05, 4.69) is 4.40 Å².